The summed E-state index contributed by atoms with van der Waals surface area (Å²) in [5.74, 6) is -0.198. The first-order chi connectivity index (χ1) is 19.3. The minimum absolute atomic E-state index is 0.0647. The number of hydrogen-bond donors (Lipinski definition) is 2. The zero-order valence-electron chi connectivity index (χ0n) is 22.2. The molecular weight excluding hydrogens is 508 g/mol. The topological polar surface area (TPSA) is 163 Å². The normalized spacial score (nSPS) is 14.1. The van der Waals surface area contributed by atoms with Crippen molar-refractivity contribution in [2.24, 2.45) is 7.05 Å². The number of pyridine rings is 2. The van der Waals surface area contributed by atoms with Crippen molar-refractivity contribution in [1.29, 1.82) is 0 Å². The maximum atomic E-state index is 13.0. The van der Waals surface area contributed by atoms with E-state index in [1.54, 1.807) is 46.5 Å². The Hall–Kier alpha value is -5.13. The molecule has 0 spiro atoms. The van der Waals surface area contributed by atoms with Gasteiger partial charge in [0, 0.05) is 61.3 Å². The monoisotopic (exact) mass is 536 g/mol. The van der Waals surface area contributed by atoms with Crippen molar-refractivity contribution in [1.82, 2.24) is 39.2 Å². The Morgan fingerprint density at radius 1 is 0.975 bits per heavy atom. The summed E-state index contributed by atoms with van der Waals surface area (Å²) in [5.41, 5.74) is 17.9. The summed E-state index contributed by atoms with van der Waals surface area (Å²) in [6, 6.07) is 7.24. The number of carbonyl (C=O) groups is 2. The standard InChI is InChI=1S/C28H28N10O2/c1-16(39)23-24(17-7-10-37(11-8-17)28(40)25-21(29)4-3-9-31-25)35-27-20(14-34-38(27)26(23)30)18-5-6-22(32-12-18)19-13-33-36(2)15-19/h3-6,9,12-15,17H,7-8,10-11,29-30H2,1-2H3. The van der Waals surface area contributed by atoms with Crippen LogP contribution in [0, 0.1) is 0 Å². The van der Waals surface area contributed by atoms with Gasteiger partial charge in [0.1, 0.15) is 5.82 Å². The molecule has 0 unspecified atom stereocenters. The highest BCUT2D eigenvalue weighted by Gasteiger charge is 2.31. The molecule has 1 fully saturated rings. The first kappa shape index (κ1) is 25.2. The number of nitrogen functional groups attached to an aromatic ring is 2. The van der Waals surface area contributed by atoms with Gasteiger partial charge >= 0.3 is 0 Å². The Morgan fingerprint density at radius 3 is 2.42 bits per heavy atom. The Bertz CT molecular complexity index is 1750. The number of likely N-dealkylation sites (tertiary alicyclic amines) is 1. The van der Waals surface area contributed by atoms with Crippen molar-refractivity contribution in [2.45, 2.75) is 25.7 Å². The van der Waals surface area contributed by atoms with Crippen LogP contribution in [-0.4, -0.2) is 64.0 Å². The molecule has 0 atom stereocenters. The molecule has 202 valence electrons. The van der Waals surface area contributed by atoms with E-state index >= 15 is 0 Å². The Kier molecular flexibility index (Phi) is 6.21. The summed E-state index contributed by atoms with van der Waals surface area (Å²) in [7, 11) is 1.86. The van der Waals surface area contributed by atoms with E-state index in [4.69, 9.17) is 16.5 Å². The summed E-state index contributed by atoms with van der Waals surface area (Å²) in [5, 5.41) is 8.66. The van der Waals surface area contributed by atoms with Gasteiger partial charge in [-0.3, -0.25) is 19.3 Å². The number of rotatable bonds is 5. The predicted octanol–water partition coefficient (Wildman–Crippen LogP) is 2.97. The first-order valence-electron chi connectivity index (χ1n) is 12.9. The summed E-state index contributed by atoms with van der Waals surface area (Å²) < 4.78 is 3.23. The molecule has 1 aliphatic heterocycles. The lowest BCUT2D eigenvalue weighted by Gasteiger charge is -2.32. The van der Waals surface area contributed by atoms with Crippen molar-refractivity contribution >= 4 is 28.8 Å². The first-order valence-corrected chi connectivity index (χ1v) is 12.9. The van der Waals surface area contributed by atoms with E-state index in [0.29, 0.717) is 48.5 Å². The van der Waals surface area contributed by atoms with Gasteiger partial charge in [0.05, 0.1) is 35.0 Å². The number of anilines is 2. The number of amides is 1. The molecule has 1 aliphatic rings. The third-order valence-corrected chi connectivity index (χ3v) is 7.35. The van der Waals surface area contributed by atoms with Crippen LogP contribution in [0.3, 0.4) is 0 Å². The summed E-state index contributed by atoms with van der Waals surface area (Å²) >= 11 is 0. The second-order valence-electron chi connectivity index (χ2n) is 9.95. The molecule has 0 saturated carbocycles. The van der Waals surface area contributed by atoms with Crippen LogP contribution < -0.4 is 11.5 Å². The zero-order valence-corrected chi connectivity index (χ0v) is 22.2. The molecule has 6 rings (SSSR count). The maximum absolute atomic E-state index is 13.0. The van der Waals surface area contributed by atoms with E-state index in [2.05, 4.69) is 20.2 Å². The smallest absolute Gasteiger partial charge is 0.274 e. The highest BCUT2D eigenvalue weighted by atomic mass is 16.2. The molecule has 0 radical (unpaired) electrons. The molecule has 5 aromatic rings. The van der Waals surface area contributed by atoms with E-state index in [1.807, 2.05) is 25.4 Å². The fourth-order valence-electron chi connectivity index (χ4n) is 5.27. The van der Waals surface area contributed by atoms with Crippen LogP contribution in [0.25, 0.3) is 28.0 Å². The van der Waals surface area contributed by atoms with Crippen molar-refractivity contribution in [3.63, 3.8) is 0 Å². The maximum Gasteiger partial charge on any atom is 0.274 e. The minimum Gasteiger partial charge on any atom is -0.397 e. The predicted molar refractivity (Wildman–Crippen MR) is 149 cm³/mol. The largest absolute Gasteiger partial charge is 0.397 e. The van der Waals surface area contributed by atoms with Crippen LogP contribution in [0.2, 0.25) is 0 Å². The zero-order chi connectivity index (χ0) is 28.0. The quantitative estimate of drug-likeness (QED) is 0.321. The lowest BCUT2D eigenvalue weighted by atomic mass is 9.89. The van der Waals surface area contributed by atoms with Crippen LogP contribution in [0.5, 0.6) is 0 Å². The fraction of sp³-hybridized carbons (Fsp3) is 0.250. The molecule has 12 nitrogen and oxygen atoms in total. The van der Waals surface area contributed by atoms with Crippen LogP contribution >= 0.6 is 0 Å². The third-order valence-electron chi connectivity index (χ3n) is 7.35. The highest BCUT2D eigenvalue weighted by Crippen LogP contribution is 2.35. The van der Waals surface area contributed by atoms with Crippen molar-refractivity contribution < 1.29 is 9.59 Å². The Balaban J connectivity index is 1.32. The molecular formula is C28H28N10O2. The molecule has 1 amide bonds. The molecule has 0 aromatic carbocycles. The van der Waals surface area contributed by atoms with Gasteiger partial charge < -0.3 is 16.4 Å². The van der Waals surface area contributed by atoms with Gasteiger partial charge in [0.15, 0.2) is 17.1 Å². The van der Waals surface area contributed by atoms with Crippen molar-refractivity contribution in [3.8, 4) is 22.4 Å². The lowest BCUT2D eigenvalue weighted by molar-refractivity contribution is 0.0706. The highest BCUT2D eigenvalue weighted by molar-refractivity contribution is 6.00. The number of aromatic nitrogens is 7. The average Bonchev–Trinajstić information content (AvgIpc) is 3.59. The molecule has 1 saturated heterocycles. The van der Waals surface area contributed by atoms with Gasteiger partial charge in [-0.05, 0) is 38.0 Å². The van der Waals surface area contributed by atoms with E-state index in [1.165, 1.54) is 11.4 Å². The summed E-state index contributed by atoms with van der Waals surface area (Å²) in [6.07, 6.45) is 9.91. The summed E-state index contributed by atoms with van der Waals surface area (Å²) in [4.78, 5) is 41.3. The Labute approximate surface area is 229 Å². The van der Waals surface area contributed by atoms with E-state index in [0.717, 1.165) is 22.4 Å². The average molecular weight is 537 g/mol. The van der Waals surface area contributed by atoms with Gasteiger partial charge in [0.25, 0.3) is 5.91 Å². The second kappa shape index (κ2) is 9.88. The second-order valence-corrected chi connectivity index (χ2v) is 9.95. The van der Waals surface area contributed by atoms with E-state index < -0.39 is 0 Å². The summed E-state index contributed by atoms with van der Waals surface area (Å²) in [6.45, 7) is 2.45. The van der Waals surface area contributed by atoms with Gasteiger partial charge in [-0.15, -0.1) is 0 Å². The molecule has 6 heterocycles. The van der Waals surface area contributed by atoms with Gasteiger partial charge in [-0.25, -0.2) is 9.97 Å². The van der Waals surface area contributed by atoms with Crippen LogP contribution in [-0.2, 0) is 7.05 Å². The molecule has 12 heteroatoms. The van der Waals surface area contributed by atoms with Gasteiger partial charge in [0.2, 0.25) is 0 Å². The number of Topliss-reactive ketones (excluding diaryl/α,β-unsaturated/α-hetero) is 1. The SMILES string of the molecule is CC(=O)c1c(C2CCN(C(=O)c3ncccc3N)CC2)nc2c(-c3ccc(-c4cnn(C)c4)nc3)cnn2c1N. The number of carbonyl (C=O) groups excluding carboxylic acids is 2. The van der Waals surface area contributed by atoms with Crippen molar-refractivity contribution in [3.05, 3.63) is 72.2 Å². The number of nitrogens with zero attached hydrogens (tertiary/aromatic N) is 8. The number of fused-ring (bicyclic) bond motifs is 1. The van der Waals surface area contributed by atoms with Gasteiger partial charge in [-0.2, -0.15) is 14.7 Å². The van der Waals surface area contributed by atoms with Crippen molar-refractivity contribution in [2.75, 3.05) is 24.6 Å². The Morgan fingerprint density at radius 2 is 1.77 bits per heavy atom. The van der Waals surface area contributed by atoms with Crippen LogP contribution in [0.1, 0.15) is 52.2 Å². The number of hydrogen-bond acceptors (Lipinski definition) is 9. The number of nitrogens with two attached hydrogens (primary N) is 2. The van der Waals surface area contributed by atoms with E-state index in [9.17, 15) is 9.59 Å². The number of ketones is 1. The van der Waals surface area contributed by atoms with Gasteiger partial charge in [-0.1, -0.05) is 6.07 Å². The molecule has 4 N–H and O–H groups in total. The molecule has 0 aliphatic carbocycles. The molecule has 40 heavy (non-hydrogen) atoms. The number of piperidine rings is 1. The molecule has 5 aromatic heterocycles. The van der Waals surface area contributed by atoms with Crippen LogP contribution in [0.15, 0.2) is 55.2 Å². The lowest BCUT2D eigenvalue weighted by Crippen LogP contribution is -2.39. The third kappa shape index (κ3) is 4.32. The van der Waals surface area contributed by atoms with Crippen LogP contribution in [0.4, 0.5) is 11.5 Å². The van der Waals surface area contributed by atoms with E-state index in [-0.39, 0.29) is 29.1 Å². The molecule has 0 bridgehead atoms. The minimum atomic E-state index is -0.202. The fourth-order valence-corrected chi connectivity index (χ4v) is 5.27. The number of aryl methyl sites for hydroxylation is 1.